The van der Waals surface area contributed by atoms with Crippen LogP contribution in [0.4, 0.5) is 10.5 Å². The number of nitrogens with one attached hydrogen (secondary N) is 1. The largest absolute Gasteiger partial charge is 0.328 e. The standard InChI is InChI=1S/C22H32N4O3/c1-20(2,3)25-17(27)15-9-8-14(10-16(15)18(25)28)24-19(29)26-21(4,5)11-13(23)12-22(26,6)7/h8-10,13H,11-12,23H2,1-7H3,(H,24,29). The van der Waals surface area contributed by atoms with Gasteiger partial charge in [0.1, 0.15) is 0 Å². The van der Waals surface area contributed by atoms with E-state index in [1.807, 2.05) is 53.4 Å². The number of hydrogen-bond donors (Lipinski definition) is 2. The van der Waals surface area contributed by atoms with Crippen molar-refractivity contribution in [3.63, 3.8) is 0 Å². The Labute approximate surface area is 172 Å². The third-order valence-corrected chi connectivity index (χ3v) is 5.75. The summed E-state index contributed by atoms with van der Waals surface area (Å²) in [6.07, 6.45) is 1.42. The van der Waals surface area contributed by atoms with Crippen LogP contribution in [0.2, 0.25) is 0 Å². The number of carbonyl (C=O) groups excluding carboxylic acids is 3. The maximum Gasteiger partial charge on any atom is 0.322 e. The van der Waals surface area contributed by atoms with E-state index < -0.39 is 16.6 Å². The summed E-state index contributed by atoms with van der Waals surface area (Å²) in [7, 11) is 0. The first kappa shape index (κ1) is 21.3. The number of benzene rings is 1. The molecular weight excluding hydrogens is 368 g/mol. The highest BCUT2D eigenvalue weighted by molar-refractivity contribution is 6.22. The Balaban J connectivity index is 1.88. The molecule has 0 aliphatic carbocycles. The molecule has 1 saturated heterocycles. The molecule has 1 aromatic rings. The van der Waals surface area contributed by atoms with Gasteiger partial charge in [-0.15, -0.1) is 0 Å². The zero-order chi connectivity index (χ0) is 21.9. The predicted molar refractivity (Wildman–Crippen MR) is 113 cm³/mol. The summed E-state index contributed by atoms with van der Waals surface area (Å²) >= 11 is 0. The Morgan fingerprint density at radius 1 is 1.03 bits per heavy atom. The number of piperidine rings is 1. The number of hydrogen-bond acceptors (Lipinski definition) is 4. The Morgan fingerprint density at radius 3 is 2.07 bits per heavy atom. The van der Waals surface area contributed by atoms with Crippen LogP contribution < -0.4 is 11.1 Å². The van der Waals surface area contributed by atoms with E-state index in [1.54, 1.807) is 18.2 Å². The third kappa shape index (κ3) is 3.64. The molecule has 1 fully saturated rings. The van der Waals surface area contributed by atoms with E-state index in [0.717, 1.165) is 0 Å². The van der Waals surface area contributed by atoms with Crippen molar-refractivity contribution in [2.45, 2.75) is 84.0 Å². The first-order valence-corrected chi connectivity index (χ1v) is 10.0. The topological polar surface area (TPSA) is 95.7 Å². The van der Waals surface area contributed by atoms with Crippen molar-refractivity contribution in [3.05, 3.63) is 29.3 Å². The SMILES string of the molecule is CC(C)(C)N1C(=O)c2ccc(NC(=O)N3C(C)(C)CC(N)CC3(C)C)cc2C1=O. The Hall–Kier alpha value is -2.41. The van der Waals surface area contributed by atoms with Crippen LogP contribution in [0.5, 0.6) is 0 Å². The Morgan fingerprint density at radius 2 is 1.55 bits per heavy atom. The van der Waals surface area contributed by atoms with Gasteiger partial charge >= 0.3 is 6.03 Å². The van der Waals surface area contributed by atoms with Crippen LogP contribution in [0.1, 0.15) is 82.0 Å². The van der Waals surface area contributed by atoms with Crippen LogP contribution in [-0.2, 0) is 0 Å². The monoisotopic (exact) mass is 400 g/mol. The van der Waals surface area contributed by atoms with Gasteiger partial charge < -0.3 is 16.0 Å². The molecule has 2 aliphatic heterocycles. The molecule has 29 heavy (non-hydrogen) atoms. The minimum atomic E-state index is -0.614. The van der Waals surface area contributed by atoms with Crippen molar-refractivity contribution in [1.29, 1.82) is 0 Å². The van der Waals surface area contributed by atoms with Gasteiger partial charge in [0.2, 0.25) is 0 Å². The lowest BCUT2D eigenvalue weighted by molar-refractivity contribution is 0.00872. The van der Waals surface area contributed by atoms with E-state index in [2.05, 4.69) is 5.32 Å². The first-order valence-electron chi connectivity index (χ1n) is 10.0. The number of carbonyl (C=O) groups is 3. The normalized spacial score (nSPS) is 21.4. The zero-order valence-corrected chi connectivity index (χ0v) is 18.4. The highest BCUT2D eigenvalue weighted by Crippen LogP contribution is 2.38. The number of likely N-dealkylation sites (tertiary alicyclic amines) is 1. The summed E-state index contributed by atoms with van der Waals surface area (Å²) in [5.74, 6) is -0.638. The minimum Gasteiger partial charge on any atom is -0.328 e. The predicted octanol–water partition coefficient (Wildman–Crippen LogP) is 3.59. The molecule has 3 rings (SSSR count). The van der Waals surface area contributed by atoms with Crippen LogP contribution in [0.15, 0.2) is 18.2 Å². The van der Waals surface area contributed by atoms with Gasteiger partial charge in [-0.2, -0.15) is 0 Å². The van der Waals surface area contributed by atoms with Crippen LogP contribution in [0.3, 0.4) is 0 Å². The number of imide groups is 1. The summed E-state index contributed by atoms with van der Waals surface area (Å²) in [4.78, 5) is 41.7. The van der Waals surface area contributed by atoms with Crippen LogP contribution in [0.25, 0.3) is 0 Å². The highest BCUT2D eigenvalue weighted by Gasteiger charge is 2.47. The van der Waals surface area contributed by atoms with Crippen molar-refractivity contribution in [1.82, 2.24) is 9.80 Å². The molecule has 0 radical (unpaired) electrons. The molecule has 0 unspecified atom stereocenters. The maximum absolute atomic E-state index is 13.2. The van der Waals surface area contributed by atoms with E-state index in [1.165, 1.54) is 4.90 Å². The second-order valence-corrected chi connectivity index (χ2v) is 10.4. The Bertz CT molecular complexity index is 865. The number of anilines is 1. The second-order valence-electron chi connectivity index (χ2n) is 10.4. The molecule has 0 saturated carbocycles. The van der Waals surface area contributed by atoms with Crippen molar-refractivity contribution >= 4 is 23.5 Å². The number of nitrogens with zero attached hydrogens (tertiary/aromatic N) is 2. The van der Waals surface area contributed by atoms with Crippen molar-refractivity contribution in [2.75, 3.05) is 5.32 Å². The van der Waals surface area contributed by atoms with Crippen LogP contribution in [0, 0.1) is 0 Å². The third-order valence-electron chi connectivity index (χ3n) is 5.75. The fraction of sp³-hybridized carbons (Fsp3) is 0.591. The average Bonchev–Trinajstić information content (AvgIpc) is 2.74. The van der Waals surface area contributed by atoms with Crippen LogP contribution in [-0.4, -0.2) is 50.3 Å². The first-order chi connectivity index (χ1) is 13.1. The lowest BCUT2D eigenvalue weighted by Gasteiger charge is -2.54. The minimum absolute atomic E-state index is 0.0380. The molecule has 7 nitrogen and oxygen atoms in total. The van der Waals surface area contributed by atoms with Gasteiger partial charge in [0.15, 0.2) is 0 Å². The summed E-state index contributed by atoms with van der Waals surface area (Å²) in [5.41, 5.74) is 5.96. The molecule has 7 heteroatoms. The number of fused-ring (bicyclic) bond motifs is 1. The van der Waals surface area contributed by atoms with E-state index in [-0.39, 0.29) is 23.9 Å². The van der Waals surface area contributed by atoms with Gasteiger partial charge in [-0.3, -0.25) is 14.5 Å². The number of urea groups is 1. The fourth-order valence-electron chi connectivity index (χ4n) is 5.01. The van der Waals surface area contributed by atoms with E-state index in [0.29, 0.717) is 29.7 Å². The lowest BCUT2D eigenvalue weighted by Crippen LogP contribution is -2.66. The van der Waals surface area contributed by atoms with Gasteiger partial charge in [0.05, 0.1) is 11.1 Å². The molecule has 0 bridgehead atoms. The molecule has 1 aromatic carbocycles. The smallest absolute Gasteiger partial charge is 0.322 e. The second kappa shape index (κ2) is 6.55. The fourth-order valence-corrected chi connectivity index (χ4v) is 5.01. The van der Waals surface area contributed by atoms with E-state index in [4.69, 9.17) is 5.73 Å². The number of amides is 4. The van der Waals surface area contributed by atoms with E-state index in [9.17, 15) is 14.4 Å². The molecule has 4 amide bonds. The quantitative estimate of drug-likeness (QED) is 0.704. The molecule has 3 N–H and O–H groups in total. The molecule has 0 aromatic heterocycles. The maximum atomic E-state index is 13.2. The molecule has 2 heterocycles. The van der Waals surface area contributed by atoms with Gasteiger partial charge in [0, 0.05) is 28.3 Å². The Kier molecular flexibility index (Phi) is 4.81. The van der Waals surface area contributed by atoms with E-state index >= 15 is 0 Å². The molecule has 0 atom stereocenters. The van der Waals surface area contributed by atoms with Crippen molar-refractivity contribution < 1.29 is 14.4 Å². The average molecular weight is 401 g/mol. The summed E-state index contributed by atoms with van der Waals surface area (Å²) in [6, 6.07) is 4.67. The van der Waals surface area contributed by atoms with Gasteiger partial charge in [-0.1, -0.05) is 0 Å². The van der Waals surface area contributed by atoms with Crippen molar-refractivity contribution in [3.8, 4) is 0 Å². The number of rotatable bonds is 1. The summed E-state index contributed by atoms with van der Waals surface area (Å²) < 4.78 is 0. The lowest BCUT2D eigenvalue weighted by atomic mass is 9.77. The zero-order valence-electron chi connectivity index (χ0n) is 18.4. The van der Waals surface area contributed by atoms with Gasteiger partial charge in [0.25, 0.3) is 11.8 Å². The molecule has 0 spiro atoms. The highest BCUT2D eigenvalue weighted by atomic mass is 16.2. The molecule has 158 valence electrons. The van der Waals surface area contributed by atoms with Gasteiger partial charge in [-0.05, 0) is 79.5 Å². The number of nitrogens with two attached hydrogens (primary N) is 1. The van der Waals surface area contributed by atoms with Gasteiger partial charge in [-0.25, -0.2) is 4.79 Å². The molecule has 2 aliphatic rings. The molecular formula is C22H32N4O3. The summed E-state index contributed by atoms with van der Waals surface area (Å²) in [6.45, 7) is 13.5. The van der Waals surface area contributed by atoms with Crippen molar-refractivity contribution in [2.24, 2.45) is 5.73 Å². The van der Waals surface area contributed by atoms with Crippen LogP contribution >= 0.6 is 0 Å². The summed E-state index contributed by atoms with van der Waals surface area (Å²) in [5, 5.41) is 2.92.